The lowest BCUT2D eigenvalue weighted by Crippen LogP contribution is -2.16. The molecule has 0 amide bonds. The van der Waals surface area contributed by atoms with Gasteiger partial charge >= 0.3 is 0 Å². The lowest BCUT2D eigenvalue weighted by atomic mass is 9.99. The minimum atomic E-state index is -0.287. The van der Waals surface area contributed by atoms with Gasteiger partial charge in [-0.1, -0.05) is 30.3 Å². The number of methoxy groups -OCH3 is 1. The zero-order valence-corrected chi connectivity index (χ0v) is 13.6. The molecule has 0 bridgehead atoms. The molecule has 0 aliphatic heterocycles. The van der Waals surface area contributed by atoms with E-state index in [0.29, 0.717) is 10.9 Å². The zero-order valence-electron chi connectivity index (χ0n) is 13.6. The van der Waals surface area contributed by atoms with Gasteiger partial charge in [-0.25, -0.2) is 0 Å². The van der Waals surface area contributed by atoms with Gasteiger partial charge in [-0.2, -0.15) is 0 Å². The zero-order chi connectivity index (χ0) is 17.4. The molecule has 1 heterocycles. The van der Waals surface area contributed by atoms with E-state index in [4.69, 9.17) is 4.74 Å². The summed E-state index contributed by atoms with van der Waals surface area (Å²) in [5.74, 6) is 0.474. The van der Waals surface area contributed by atoms with E-state index < -0.39 is 0 Å². The predicted octanol–water partition coefficient (Wildman–Crippen LogP) is 3.92. The van der Waals surface area contributed by atoms with Crippen LogP contribution in [-0.2, 0) is 0 Å². The van der Waals surface area contributed by atoms with E-state index in [2.05, 4.69) is 4.98 Å². The van der Waals surface area contributed by atoms with Crippen LogP contribution < -0.4 is 10.2 Å². The number of carbonyl (C=O) groups excluding carboxylic acids is 1. The highest BCUT2D eigenvalue weighted by atomic mass is 16.5. The Labute approximate surface area is 143 Å². The van der Waals surface area contributed by atoms with Crippen molar-refractivity contribution < 1.29 is 9.53 Å². The number of hydrogen-bond donors (Lipinski definition) is 1. The molecule has 0 aliphatic rings. The molecule has 4 aromatic rings. The maximum Gasteiger partial charge on any atom is 0.200 e. The van der Waals surface area contributed by atoms with E-state index in [9.17, 15) is 9.59 Å². The van der Waals surface area contributed by atoms with Crippen LogP contribution in [-0.4, -0.2) is 17.9 Å². The molecule has 1 N–H and O–H groups in total. The maximum absolute atomic E-state index is 12.8. The lowest BCUT2D eigenvalue weighted by Gasteiger charge is -2.06. The molecule has 0 atom stereocenters. The molecule has 0 fully saturated rings. The topological polar surface area (TPSA) is 59.2 Å². The van der Waals surface area contributed by atoms with Crippen molar-refractivity contribution in [2.75, 3.05) is 7.11 Å². The minimum Gasteiger partial charge on any atom is -0.497 e. The fourth-order valence-corrected chi connectivity index (χ4v) is 2.98. The molecule has 0 saturated heterocycles. The third kappa shape index (κ3) is 2.58. The normalized spacial score (nSPS) is 10.9. The number of ether oxygens (including phenoxy) is 1. The Morgan fingerprint density at radius 2 is 1.72 bits per heavy atom. The summed E-state index contributed by atoms with van der Waals surface area (Å²) < 4.78 is 5.21. The van der Waals surface area contributed by atoms with Gasteiger partial charge in [0.1, 0.15) is 5.75 Å². The van der Waals surface area contributed by atoms with Crippen molar-refractivity contribution in [2.24, 2.45) is 0 Å². The highest BCUT2D eigenvalue weighted by Crippen LogP contribution is 2.23. The van der Waals surface area contributed by atoms with Crippen LogP contribution in [0.5, 0.6) is 5.75 Å². The standard InChI is InChI=1S/C21H15NO3/c1-25-16-9-8-13-10-15(7-6-14(13)11-16)20(23)18-12-22-19-5-3-2-4-17(19)21(18)24/h2-12H,1H3,(H,22,24). The Kier molecular flexibility index (Phi) is 3.58. The Hall–Kier alpha value is -3.40. The number of ketones is 1. The van der Waals surface area contributed by atoms with Crippen molar-refractivity contribution in [2.45, 2.75) is 0 Å². The average molecular weight is 329 g/mol. The Morgan fingerprint density at radius 1 is 0.960 bits per heavy atom. The molecular weight excluding hydrogens is 314 g/mol. The average Bonchev–Trinajstić information content (AvgIpc) is 2.67. The predicted molar refractivity (Wildman–Crippen MR) is 98.5 cm³/mol. The van der Waals surface area contributed by atoms with Crippen LogP contribution in [0, 0.1) is 0 Å². The minimum absolute atomic E-state index is 0.145. The first-order valence-corrected chi connectivity index (χ1v) is 7.90. The monoisotopic (exact) mass is 329 g/mol. The van der Waals surface area contributed by atoms with Gasteiger partial charge in [0, 0.05) is 22.7 Å². The number of aromatic nitrogens is 1. The maximum atomic E-state index is 12.8. The van der Waals surface area contributed by atoms with E-state index in [0.717, 1.165) is 22.0 Å². The molecule has 4 rings (SSSR count). The number of nitrogens with one attached hydrogen (secondary N) is 1. The number of carbonyl (C=O) groups is 1. The van der Waals surface area contributed by atoms with Crippen LogP contribution in [0.25, 0.3) is 21.7 Å². The third-order valence-corrected chi connectivity index (χ3v) is 4.34. The van der Waals surface area contributed by atoms with Gasteiger partial charge in [0.05, 0.1) is 12.7 Å². The Balaban J connectivity index is 1.82. The van der Waals surface area contributed by atoms with Crippen molar-refractivity contribution in [1.29, 1.82) is 0 Å². The SMILES string of the molecule is COc1ccc2cc(C(=O)c3c[nH]c4ccccc4c3=O)ccc2c1. The number of benzene rings is 3. The van der Waals surface area contributed by atoms with Crippen LogP contribution in [0.1, 0.15) is 15.9 Å². The molecule has 3 aromatic carbocycles. The Morgan fingerprint density at radius 3 is 2.56 bits per heavy atom. The summed E-state index contributed by atoms with van der Waals surface area (Å²) in [6, 6.07) is 18.2. The molecule has 0 unspecified atom stereocenters. The van der Waals surface area contributed by atoms with E-state index in [1.807, 2.05) is 36.4 Å². The summed E-state index contributed by atoms with van der Waals surface area (Å²) >= 11 is 0. The largest absolute Gasteiger partial charge is 0.497 e. The third-order valence-electron chi connectivity index (χ3n) is 4.34. The second-order valence-electron chi connectivity index (χ2n) is 5.83. The molecule has 1 aromatic heterocycles. The van der Waals surface area contributed by atoms with Crippen LogP contribution >= 0.6 is 0 Å². The second-order valence-corrected chi connectivity index (χ2v) is 5.83. The fraction of sp³-hybridized carbons (Fsp3) is 0.0476. The summed E-state index contributed by atoms with van der Waals surface area (Å²) in [6.45, 7) is 0. The van der Waals surface area contributed by atoms with Crippen molar-refractivity contribution in [3.8, 4) is 5.75 Å². The van der Waals surface area contributed by atoms with Crippen molar-refractivity contribution in [1.82, 2.24) is 4.98 Å². The van der Waals surface area contributed by atoms with Crippen LogP contribution in [0.2, 0.25) is 0 Å². The molecule has 122 valence electrons. The summed E-state index contributed by atoms with van der Waals surface area (Å²) in [5.41, 5.74) is 1.09. The van der Waals surface area contributed by atoms with Gasteiger partial charge in [-0.3, -0.25) is 9.59 Å². The van der Waals surface area contributed by atoms with Crippen LogP contribution in [0.15, 0.2) is 71.7 Å². The Bertz CT molecular complexity index is 1170. The number of rotatable bonds is 3. The number of aromatic amines is 1. The van der Waals surface area contributed by atoms with E-state index in [1.54, 1.807) is 31.4 Å². The molecule has 4 heteroatoms. The van der Waals surface area contributed by atoms with Crippen molar-refractivity contribution in [3.05, 3.63) is 88.2 Å². The van der Waals surface area contributed by atoms with Crippen LogP contribution in [0.3, 0.4) is 0 Å². The van der Waals surface area contributed by atoms with Gasteiger partial charge in [-0.15, -0.1) is 0 Å². The van der Waals surface area contributed by atoms with Gasteiger partial charge < -0.3 is 9.72 Å². The quantitative estimate of drug-likeness (QED) is 0.580. The highest BCUT2D eigenvalue weighted by molar-refractivity contribution is 6.11. The number of para-hydroxylation sites is 1. The van der Waals surface area contributed by atoms with Crippen molar-refractivity contribution in [3.63, 3.8) is 0 Å². The van der Waals surface area contributed by atoms with Crippen molar-refractivity contribution >= 4 is 27.5 Å². The summed E-state index contributed by atoms with van der Waals surface area (Å²) in [4.78, 5) is 28.5. The molecule has 0 spiro atoms. The molecule has 0 saturated carbocycles. The van der Waals surface area contributed by atoms with Gasteiger partial charge in [0.25, 0.3) is 0 Å². The first kappa shape index (κ1) is 15.1. The van der Waals surface area contributed by atoms with E-state index in [1.165, 1.54) is 6.20 Å². The molecule has 4 nitrogen and oxygen atoms in total. The molecule has 0 radical (unpaired) electrons. The van der Waals surface area contributed by atoms with Gasteiger partial charge in [-0.05, 0) is 41.1 Å². The lowest BCUT2D eigenvalue weighted by molar-refractivity contribution is 0.103. The first-order valence-electron chi connectivity index (χ1n) is 7.90. The first-order chi connectivity index (χ1) is 12.2. The smallest absolute Gasteiger partial charge is 0.200 e. The fourth-order valence-electron chi connectivity index (χ4n) is 2.98. The molecular formula is C21H15NO3. The number of H-pyrrole nitrogens is 1. The second kappa shape index (κ2) is 5.91. The van der Waals surface area contributed by atoms with E-state index in [-0.39, 0.29) is 16.8 Å². The number of fused-ring (bicyclic) bond motifs is 2. The van der Waals surface area contributed by atoms with Crippen LogP contribution in [0.4, 0.5) is 0 Å². The van der Waals surface area contributed by atoms with Gasteiger partial charge in [0.15, 0.2) is 5.78 Å². The van der Waals surface area contributed by atoms with Gasteiger partial charge in [0.2, 0.25) is 5.43 Å². The summed E-state index contributed by atoms with van der Waals surface area (Å²) in [7, 11) is 1.62. The highest BCUT2D eigenvalue weighted by Gasteiger charge is 2.15. The van der Waals surface area contributed by atoms with E-state index >= 15 is 0 Å². The number of pyridine rings is 1. The number of hydrogen-bond acceptors (Lipinski definition) is 3. The molecule has 0 aliphatic carbocycles. The summed E-state index contributed by atoms with van der Waals surface area (Å²) in [6.07, 6.45) is 1.49. The molecule has 25 heavy (non-hydrogen) atoms. The summed E-state index contributed by atoms with van der Waals surface area (Å²) in [5, 5.41) is 2.41.